The normalized spacial score (nSPS) is 15.0. The molecule has 0 aromatic rings. The summed E-state index contributed by atoms with van der Waals surface area (Å²) < 4.78 is 0. The predicted octanol–water partition coefficient (Wildman–Crippen LogP) is 3.49. The van der Waals surface area contributed by atoms with Crippen LogP contribution in [-0.2, 0) is 0 Å². The molecule has 0 saturated carbocycles. The van der Waals surface area contributed by atoms with Crippen LogP contribution in [0.4, 0.5) is 0 Å². The van der Waals surface area contributed by atoms with Gasteiger partial charge in [0.2, 0.25) is 0 Å². The van der Waals surface area contributed by atoms with Crippen molar-refractivity contribution in [2.24, 2.45) is 0 Å². The van der Waals surface area contributed by atoms with E-state index in [0.29, 0.717) is 0 Å². The summed E-state index contributed by atoms with van der Waals surface area (Å²) in [5.41, 5.74) is 0.137. The molecule has 2 nitrogen and oxygen atoms in total. The fourth-order valence-electron chi connectivity index (χ4n) is 1.93. The summed E-state index contributed by atoms with van der Waals surface area (Å²) in [6.07, 6.45) is 10.0. The zero-order valence-corrected chi connectivity index (χ0v) is 11.5. The molecule has 0 aliphatic carbocycles. The summed E-state index contributed by atoms with van der Waals surface area (Å²) in [5.74, 6) is 0. The van der Waals surface area contributed by atoms with Crippen molar-refractivity contribution in [3.63, 3.8) is 0 Å². The SMILES string of the molecule is CCCCCCCCNC(C)(CC)CCO. The molecule has 0 aliphatic heterocycles. The van der Waals surface area contributed by atoms with Crippen LogP contribution >= 0.6 is 0 Å². The lowest BCUT2D eigenvalue weighted by Crippen LogP contribution is -2.43. The average molecular weight is 229 g/mol. The third kappa shape index (κ3) is 8.12. The van der Waals surface area contributed by atoms with Crippen LogP contribution in [0.5, 0.6) is 0 Å². The van der Waals surface area contributed by atoms with E-state index in [0.717, 1.165) is 19.4 Å². The second-order valence-electron chi connectivity index (χ2n) is 5.08. The molecule has 0 bridgehead atoms. The van der Waals surface area contributed by atoms with Gasteiger partial charge < -0.3 is 10.4 Å². The quantitative estimate of drug-likeness (QED) is 0.532. The number of hydrogen-bond donors (Lipinski definition) is 2. The molecular weight excluding hydrogens is 198 g/mol. The monoisotopic (exact) mass is 229 g/mol. The Kier molecular flexibility index (Phi) is 10.0. The van der Waals surface area contributed by atoms with Gasteiger partial charge in [0.25, 0.3) is 0 Å². The largest absolute Gasteiger partial charge is 0.396 e. The van der Waals surface area contributed by atoms with Crippen LogP contribution in [0.2, 0.25) is 0 Å². The van der Waals surface area contributed by atoms with Crippen molar-refractivity contribution in [3.05, 3.63) is 0 Å². The molecule has 0 amide bonds. The molecular formula is C14H31NO. The third-order valence-electron chi connectivity index (χ3n) is 3.53. The molecule has 2 heteroatoms. The van der Waals surface area contributed by atoms with Gasteiger partial charge in [0, 0.05) is 12.1 Å². The Balaban J connectivity index is 3.41. The van der Waals surface area contributed by atoms with E-state index in [2.05, 4.69) is 26.1 Å². The second kappa shape index (κ2) is 10.1. The molecule has 0 aromatic heterocycles. The maximum atomic E-state index is 8.99. The lowest BCUT2D eigenvalue weighted by molar-refractivity contribution is 0.215. The first-order chi connectivity index (χ1) is 7.68. The van der Waals surface area contributed by atoms with Crippen LogP contribution in [0.3, 0.4) is 0 Å². The Morgan fingerprint density at radius 1 is 1.00 bits per heavy atom. The highest BCUT2D eigenvalue weighted by molar-refractivity contribution is 4.80. The minimum Gasteiger partial charge on any atom is -0.396 e. The van der Waals surface area contributed by atoms with E-state index < -0.39 is 0 Å². The van der Waals surface area contributed by atoms with Crippen molar-refractivity contribution >= 4 is 0 Å². The maximum absolute atomic E-state index is 8.99. The summed E-state index contributed by atoms with van der Waals surface area (Å²) in [6.45, 7) is 8.03. The molecule has 0 radical (unpaired) electrons. The number of aliphatic hydroxyl groups excluding tert-OH is 1. The van der Waals surface area contributed by atoms with Crippen LogP contribution in [-0.4, -0.2) is 23.8 Å². The number of aliphatic hydroxyl groups is 1. The number of hydrogen-bond acceptors (Lipinski definition) is 2. The Morgan fingerprint density at radius 2 is 1.62 bits per heavy atom. The van der Waals surface area contributed by atoms with Crippen LogP contribution in [0, 0.1) is 0 Å². The molecule has 0 rings (SSSR count). The van der Waals surface area contributed by atoms with Gasteiger partial charge in [-0.15, -0.1) is 0 Å². The van der Waals surface area contributed by atoms with Crippen LogP contribution in [0.1, 0.15) is 72.1 Å². The van der Waals surface area contributed by atoms with E-state index in [-0.39, 0.29) is 12.1 Å². The van der Waals surface area contributed by atoms with Crippen molar-refractivity contribution in [3.8, 4) is 0 Å². The molecule has 0 aromatic carbocycles. The summed E-state index contributed by atoms with van der Waals surface area (Å²) >= 11 is 0. The molecule has 2 N–H and O–H groups in total. The standard InChI is InChI=1S/C14H31NO/c1-4-6-7-8-9-10-12-15-14(3,5-2)11-13-16/h15-16H,4-13H2,1-3H3. The fraction of sp³-hybridized carbons (Fsp3) is 1.00. The van der Waals surface area contributed by atoms with Gasteiger partial charge in [0.1, 0.15) is 0 Å². The summed E-state index contributed by atoms with van der Waals surface area (Å²) in [5, 5.41) is 12.6. The van der Waals surface area contributed by atoms with Crippen molar-refractivity contribution in [1.29, 1.82) is 0 Å². The highest BCUT2D eigenvalue weighted by atomic mass is 16.3. The topological polar surface area (TPSA) is 32.3 Å². The molecule has 16 heavy (non-hydrogen) atoms. The Labute approximate surface area is 102 Å². The molecule has 1 unspecified atom stereocenters. The third-order valence-corrected chi connectivity index (χ3v) is 3.53. The van der Waals surface area contributed by atoms with E-state index in [1.54, 1.807) is 0 Å². The first-order valence-corrected chi connectivity index (χ1v) is 7.04. The summed E-state index contributed by atoms with van der Waals surface area (Å²) in [6, 6.07) is 0. The molecule has 1 atom stereocenters. The van der Waals surface area contributed by atoms with Gasteiger partial charge in [-0.3, -0.25) is 0 Å². The minimum absolute atomic E-state index is 0.137. The van der Waals surface area contributed by atoms with Crippen molar-refractivity contribution in [2.75, 3.05) is 13.2 Å². The summed E-state index contributed by atoms with van der Waals surface area (Å²) in [4.78, 5) is 0. The Hall–Kier alpha value is -0.0800. The van der Waals surface area contributed by atoms with E-state index in [1.807, 2.05) is 0 Å². The van der Waals surface area contributed by atoms with E-state index in [1.165, 1.54) is 38.5 Å². The lowest BCUT2D eigenvalue weighted by atomic mass is 9.94. The smallest absolute Gasteiger partial charge is 0.0448 e. The lowest BCUT2D eigenvalue weighted by Gasteiger charge is -2.29. The number of rotatable bonds is 11. The maximum Gasteiger partial charge on any atom is 0.0448 e. The van der Waals surface area contributed by atoms with Gasteiger partial charge in [0.15, 0.2) is 0 Å². The fourth-order valence-corrected chi connectivity index (χ4v) is 1.93. The zero-order valence-electron chi connectivity index (χ0n) is 11.5. The first kappa shape index (κ1) is 15.9. The van der Waals surface area contributed by atoms with Gasteiger partial charge in [0.05, 0.1) is 0 Å². The van der Waals surface area contributed by atoms with Gasteiger partial charge in [-0.25, -0.2) is 0 Å². The molecule has 0 spiro atoms. The van der Waals surface area contributed by atoms with Gasteiger partial charge >= 0.3 is 0 Å². The van der Waals surface area contributed by atoms with E-state index >= 15 is 0 Å². The number of unbranched alkanes of at least 4 members (excludes halogenated alkanes) is 5. The average Bonchev–Trinajstić information content (AvgIpc) is 2.28. The summed E-state index contributed by atoms with van der Waals surface area (Å²) in [7, 11) is 0. The molecule has 0 fully saturated rings. The van der Waals surface area contributed by atoms with Crippen LogP contribution < -0.4 is 5.32 Å². The molecule has 0 aliphatic rings. The van der Waals surface area contributed by atoms with Crippen LogP contribution in [0.15, 0.2) is 0 Å². The van der Waals surface area contributed by atoms with Gasteiger partial charge in [-0.2, -0.15) is 0 Å². The van der Waals surface area contributed by atoms with Gasteiger partial charge in [-0.05, 0) is 32.7 Å². The number of nitrogens with one attached hydrogen (secondary N) is 1. The van der Waals surface area contributed by atoms with Crippen molar-refractivity contribution < 1.29 is 5.11 Å². The first-order valence-electron chi connectivity index (χ1n) is 7.04. The second-order valence-corrected chi connectivity index (χ2v) is 5.08. The van der Waals surface area contributed by atoms with Crippen molar-refractivity contribution in [2.45, 2.75) is 77.7 Å². The zero-order chi connectivity index (χ0) is 12.3. The minimum atomic E-state index is 0.137. The van der Waals surface area contributed by atoms with Crippen LogP contribution in [0.25, 0.3) is 0 Å². The molecule has 0 saturated heterocycles. The van der Waals surface area contributed by atoms with E-state index in [4.69, 9.17) is 5.11 Å². The van der Waals surface area contributed by atoms with Gasteiger partial charge in [-0.1, -0.05) is 46.0 Å². The Morgan fingerprint density at radius 3 is 2.19 bits per heavy atom. The molecule has 98 valence electrons. The predicted molar refractivity (Wildman–Crippen MR) is 71.8 cm³/mol. The highest BCUT2D eigenvalue weighted by Crippen LogP contribution is 2.14. The molecule has 0 heterocycles. The van der Waals surface area contributed by atoms with Crippen molar-refractivity contribution in [1.82, 2.24) is 5.32 Å². The highest BCUT2D eigenvalue weighted by Gasteiger charge is 2.19. The van der Waals surface area contributed by atoms with E-state index in [9.17, 15) is 0 Å². The Bertz CT molecular complexity index is 150.